The average Bonchev–Trinajstić information content (AvgIpc) is 2.83. The van der Waals surface area contributed by atoms with Crippen molar-refractivity contribution in [2.75, 3.05) is 26.6 Å². The number of benzene rings is 3. The van der Waals surface area contributed by atoms with Crippen molar-refractivity contribution in [3.8, 4) is 28.5 Å². The third kappa shape index (κ3) is 4.43. The maximum Gasteiger partial charge on any atom is 0.256 e. The van der Waals surface area contributed by atoms with Crippen molar-refractivity contribution in [3.05, 3.63) is 76.8 Å². The summed E-state index contributed by atoms with van der Waals surface area (Å²) in [6.45, 7) is 1.94. The Kier molecular flexibility index (Phi) is 6.38. The molecular weight excluding hydrogens is 440 g/mol. The van der Waals surface area contributed by atoms with Gasteiger partial charge in [0.2, 0.25) is 5.75 Å². The van der Waals surface area contributed by atoms with Gasteiger partial charge in [0.05, 0.1) is 48.8 Å². The predicted molar refractivity (Wildman–Crippen MR) is 131 cm³/mol. The minimum Gasteiger partial charge on any atom is -0.493 e. The molecule has 1 heterocycles. The number of hydrogen-bond donors (Lipinski definition) is 1. The van der Waals surface area contributed by atoms with E-state index in [1.807, 2.05) is 43.3 Å². The Labute approximate surface area is 197 Å². The van der Waals surface area contributed by atoms with Crippen LogP contribution in [0.4, 0.5) is 5.69 Å². The van der Waals surface area contributed by atoms with E-state index in [1.54, 1.807) is 45.6 Å². The van der Waals surface area contributed by atoms with Gasteiger partial charge in [-0.15, -0.1) is 0 Å². The van der Waals surface area contributed by atoms with Gasteiger partial charge in [0.15, 0.2) is 11.5 Å². The number of aryl methyl sites for hydroxylation is 1. The number of nitrogens with zero attached hydrogens (tertiary/aromatic N) is 1. The quantitative estimate of drug-likeness (QED) is 0.372. The summed E-state index contributed by atoms with van der Waals surface area (Å²) in [6, 6.07) is 18.3. The molecule has 0 saturated heterocycles. The molecule has 4 rings (SSSR count). The van der Waals surface area contributed by atoms with Gasteiger partial charge < -0.3 is 19.5 Å². The predicted octanol–water partition coefficient (Wildman–Crippen LogP) is 6.14. The molecule has 0 aliphatic rings. The van der Waals surface area contributed by atoms with E-state index < -0.39 is 0 Å². The molecule has 0 unspecified atom stereocenters. The molecular formula is C26H23ClN2O4. The Morgan fingerprint density at radius 1 is 0.909 bits per heavy atom. The lowest BCUT2D eigenvalue weighted by molar-refractivity contribution is 0.102. The van der Waals surface area contributed by atoms with Crippen molar-refractivity contribution in [1.29, 1.82) is 0 Å². The van der Waals surface area contributed by atoms with Crippen molar-refractivity contribution < 1.29 is 19.0 Å². The molecule has 168 valence electrons. The zero-order valence-corrected chi connectivity index (χ0v) is 19.5. The zero-order chi connectivity index (χ0) is 23.5. The maximum absolute atomic E-state index is 13.3. The Balaban J connectivity index is 1.85. The molecule has 4 aromatic rings. The van der Waals surface area contributed by atoms with Gasteiger partial charge in [0, 0.05) is 10.9 Å². The molecule has 1 amide bonds. The summed E-state index contributed by atoms with van der Waals surface area (Å²) < 4.78 is 16.4. The van der Waals surface area contributed by atoms with Crippen LogP contribution < -0.4 is 19.5 Å². The van der Waals surface area contributed by atoms with Crippen LogP contribution in [0.5, 0.6) is 17.2 Å². The molecule has 3 aromatic carbocycles. The third-order valence-electron chi connectivity index (χ3n) is 5.29. The zero-order valence-electron chi connectivity index (χ0n) is 18.7. The van der Waals surface area contributed by atoms with Gasteiger partial charge in [-0.1, -0.05) is 35.9 Å². The average molecular weight is 463 g/mol. The lowest BCUT2D eigenvalue weighted by Gasteiger charge is -2.15. The fraction of sp³-hybridized carbons (Fsp3) is 0.154. The smallest absolute Gasteiger partial charge is 0.256 e. The molecule has 7 heteroatoms. The fourth-order valence-corrected chi connectivity index (χ4v) is 3.93. The number of carbonyl (C=O) groups is 1. The highest BCUT2D eigenvalue weighted by Crippen LogP contribution is 2.41. The van der Waals surface area contributed by atoms with Gasteiger partial charge in [0.25, 0.3) is 5.91 Å². The minimum absolute atomic E-state index is 0.284. The molecule has 33 heavy (non-hydrogen) atoms. The number of fused-ring (bicyclic) bond motifs is 1. The molecule has 0 atom stereocenters. The van der Waals surface area contributed by atoms with Crippen molar-refractivity contribution in [1.82, 2.24) is 4.98 Å². The van der Waals surface area contributed by atoms with Crippen molar-refractivity contribution in [2.45, 2.75) is 6.92 Å². The lowest BCUT2D eigenvalue weighted by atomic mass is 10.0. The van der Waals surface area contributed by atoms with Gasteiger partial charge in [-0.3, -0.25) is 4.79 Å². The van der Waals surface area contributed by atoms with E-state index >= 15 is 0 Å². The van der Waals surface area contributed by atoms with Crippen LogP contribution in [0.2, 0.25) is 5.02 Å². The number of amides is 1. The van der Waals surface area contributed by atoms with E-state index in [2.05, 4.69) is 5.32 Å². The molecule has 0 saturated carbocycles. The number of halogens is 1. The van der Waals surface area contributed by atoms with Crippen LogP contribution in [-0.4, -0.2) is 32.2 Å². The molecule has 0 bridgehead atoms. The SMILES string of the molecule is COc1cc(-c2cc(C(=O)Nc3ccc(C)cc3Cl)c3ccccc3n2)cc(OC)c1OC. The maximum atomic E-state index is 13.3. The Morgan fingerprint density at radius 3 is 2.24 bits per heavy atom. The summed E-state index contributed by atoms with van der Waals surface area (Å²) in [6.07, 6.45) is 0. The number of rotatable bonds is 6. The van der Waals surface area contributed by atoms with Crippen LogP contribution >= 0.6 is 11.6 Å². The van der Waals surface area contributed by atoms with Gasteiger partial charge in [-0.2, -0.15) is 0 Å². The molecule has 0 aliphatic carbocycles. The summed E-state index contributed by atoms with van der Waals surface area (Å²) >= 11 is 6.34. The summed E-state index contributed by atoms with van der Waals surface area (Å²) in [5, 5.41) is 4.13. The second-order valence-corrected chi connectivity index (χ2v) is 7.83. The van der Waals surface area contributed by atoms with Crippen LogP contribution in [-0.2, 0) is 0 Å². The van der Waals surface area contributed by atoms with E-state index in [1.165, 1.54) is 0 Å². The first-order valence-corrected chi connectivity index (χ1v) is 10.6. The highest BCUT2D eigenvalue weighted by molar-refractivity contribution is 6.34. The number of ether oxygens (including phenoxy) is 3. The van der Waals surface area contributed by atoms with Crippen LogP contribution in [0.25, 0.3) is 22.2 Å². The number of methoxy groups -OCH3 is 3. The number of pyridine rings is 1. The molecule has 0 fully saturated rings. The minimum atomic E-state index is -0.284. The van der Waals surface area contributed by atoms with E-state index in [9.17, 15) is 4.79 Å². The van der Waals surface area contributed by atoms with Crippen LogP contribution in [0.3, 0.4) is 0 Å². The van der Waals surface area contributed by atoms with Crippen molar-refractivity contribution >= 4 is 34.1 Å². The van der Waals surface area contributed by atoms with Crippen molar-refractivity contribution in [3.63, 3.8) is 0 Å². The fourth-order valence-electron chi connectivity index (χ4n) is 3.65. The Hall–Kier alpha value is -3.77. The summed E-state index contributed by atoms with van der Waals surface area (Å²) in [5.41, 5.74) is 4.02. The molecule has 6 nitrogen and oxygen atoms in total. The van der Waals surface area contributed by atoms with Crippen LogP contribution in [0, 0.1) is 6.92 Å². The molecule has 0 aliphatic heterocycles. The summed E-state index contributed by atoms with van der Waals surface area (Å²) in [5.74, 6) is 1.20. The number of nitrogens with one attached hydrogen (secondary N) is 1. The van der Waals surface area contributed by atoms with E-state index in [4.69, 9.17) is 30.8 Å². The normalized spacial score (nSPS) is 10.7. The molecule has 0 radical (unpaired) electrons. The second kappa shape index (κ2) is 9.38. The number of para-hydroxylation sites is 1. The molecule has 1 N–H and O–H groups in total. The number of anilines is 1. The standard InChI is InChI=1S/C26H23ClN2O4/c1-15-9-10-21(19(27)11-15)29-26(30)18-14-22(28-20-8-6-5-7-17(18)20)16-12-23(31-2)25(33-4)24(13-16)32-3/h5-14H,1-4H3,(H,29,30). The van der Waals surface area contributed by atoms with Gasteiger partial charge in [0.1, 0.15) is 0 Å². The van der Waals surface area contributed by atoms with Crippen LogP contribution in [0.1, 0.15) is 15.9 Å². The lowest BCUT2D eigenvalue weighted by Crippen LogP contribution is -2.13. The van der Waals surface area contributed by atoms with Crippen LogP contribution in [0.15, 0.2) is 60.7 Å². The topological polar surface area (TPSA) is 69.7 Å². The second-order valence-electron chi connectivity index (χ2n) is 7.42. The number of carbonyl (C=O) groups excluding carboxylic acids is 1. The van der Waals surface area contributed by atoms with Crippen molar-refractivity contribution in [2.24, 2.45) is 0 Å². The first kappa shape index (κ1) is 22.4. The highest BCUT2D eigenvalue weighted by Gasteiger charge is 2.18. The largest absolute Gasteiger partial charge is 0.493 e. The molecule has 1 aromatic heterocycles. The van der Waals surface area contributed by atoms with E-state index in [0.717, 1.165) is 16.5 Å². The van der Waals surface area contributed by atoms with E-state index in [-0.39, 0.29) is 5.91 Å². The van der Waals surface area contributed by atoms with Gasteiger partial charge in [-0.25, -0.2) is 4.98 Å². The summed E-state index contributed by atoms with van der Waals surface area (Å²) in [7, 11) is 4.66. The number of aromatic nitrogens is 1. The third-order valence-corrected chi connectivity index (χ3v) is 5.61. The van der Waals surface area contributed by atoms with Gasteiger partial charge in [-0.05, 0) is 48.9 Å². The van der Waals surface area contributed by atoms with E-state index in [0.29, 0.717) is 44.7 Å². The first-order valence-electron chi connectivity index (χ1n) is 10.2. The number of hydrogen-bond acceptors (Lipinski definition) is 5. The first-order chi connectivity index (χ1) is 15.9. The Morgan fingerprint density at radius 2 is 1.61 bits per heavy atom. The Bertz CT molecular complexity index is 1330. The highest BCUT2D eigenvalue weighted by atomic mass is 35.5. The monoisotopic (exact) mass is 462 g/mol. The summed E-state index contributed by atoms with van der Waals surface area (Å²) in [4.78, 5) is 18.1. The molecule has 0 spiro atoms. The van der Waals surface area contributed by atoms with Gasteiger partial charge >= 0.3 is 0 Å².